The van der Waals surface area contributed by atoms with Crippen LogP contribution >= 0.6 is 0 Å². The number of fused-ring (bicyclic) bond motifs is 1. The van der Waals surface area contributed by atoms with Crippen molar-refractivity contribution in [2.45, 2.75) is 12.8 Å². The van der Waals surface area contributed by atoms with Crippen LogP contribution in [0.4, 0.5) is 11.4 Å². The zero-order chi connectivity index (χ0) is 12.8. The minimum atomic E-state index is -3.38. The van der Waals surface area contributed by atoms with Gasteiger partial charge in [-0.15, -0.1) is 0 Å². The minimum Gasteiger partial charge on any atom is -0.326 e. The number of carbonyl (C=O) groups excluding carboxylic acids is 1. The van der Waals surface area contributed by atoms with Crippen LogP contribution in [0.3, 0.4) is 0 Å². The van der Waals surface area contributed by atoms with Crippen LogP contribution in [0.25, 0.3) is 0 Å². The molecule has 2 heterocycles. The van der Waals surface area contributed by atoms with Crippen LogP contribution in [-0.4, -0.2) is 31.7 Å². The number of aryl methyl sites for hydroxylation is 1. The van der Waals surface area contributed by atoms with Crippen molar-refractivity contribution in [3.05, 3.63) is 23.8 Å². The summed E-state index contributed by atoms with van der Waals surface area (Å²) in [7, 11) is -3.38. The summed E-state index contributed by atoms with van der Waals surface area (Å²) < 4.78 is 27.3. The van der Waals surface area contributed by atoms with Crippen LogP contribution in [0.2, 0.25) is 0 Å². The van der Waals surface area contributed by atoms with Crippen LogP contribution < -0.4 is 10.0 Å². The summed E-state index contributed by atoms with van der Waals surface area (Å²) in [5.41, 5.74) is 2.26. The molecule has 2 aliphatic heterocycles. The van der Waals surface area contributed by atoms with Gasteiger partial charge in [-0.05, 0) is 30.2 Å². The molecule has 1 fully saturated rings. The predicted molar refractivity (Wildman–Crippen MR) is 67.5 cm³/mol. The smallest absolute Gasteiger partial charge is 0.301 e. The minimum absolute atomic E-state index is 0.0000720. The van der Waals surface area contributed by atoms with E-state index < -0.39 is 10.2 Å². The van der Waals surface area contributed by atoms with E-state index in [4.69, 9.17) is 0 Å². The Morgan fingerprint density at radius 2 is 2.00 bits per heavy atom. The lowest BCUT2D eigenvalue weighted by atomic mass is 10.0. The van der Waals surface area contributed by atoms with E-state index in [-0.39, 0.29) is 5.91 Å². The number of carbonyl (C=O) groups is 1. The number of hydrogen-bond acceptors (Lipinski definition) is 3. The van der Waals surface area contributed by atoms with Gasteiger partial charge in [0.05, 0.1) is 5.69 Å². The van der Waals surface area contributed by atoms with Gasteiger partial charge in [0.25, 0.3) is 0 Å². The lowest BCUT2D eigenvalue weighted by molar-refractivity contribution is -0.116. The largest absolute Gasteiger partial charge is 0.326 e. The normalized spacial score (nSPS) is 19.0. The fourth-order valence-electron chi connectivity index (χ4n) is 1.94. The quantitative estimate of drug-likeness (QED) is 0.785. The third-order valence-corrected chi connectivity index (χ3v) is 4.53. The molecule has 1 amide bonds. The molecule has 0 aromatic heterocycles. The van der Waals surface area contributed by atoms with E-state index in [1.165, 1.54) is 4.31 Å². The molecule has 1 aromatic carbocycles. The Bertz CT molecular complexity index is 608. The maximum atomic E-state index is 11.7. The zero-order valence-corrected chi connectivity index (χ0v) is 10.5. The Morgan fingerprint density at radius 3 is 2.72 bits per heavy atom. The van der Waals surface area contributed by atoms with E-state index in [2.05, 4.69) is 10.0 Å². The summed E-state index contributed by atoms with van der Waals surface area (Å²) in [6, 6.07) is 5.16. The summed E-state index contributed by atoms with van der Waals surface area (Å²) in [5.74, 6) is -0.0000720. The summed E-state index contributed by atoms with van der Waals surface area (Å²) >= 11 is 0. The fourth-order valence-corrected chi connectivity index (χ4v) is 3.06. The monoisotopic (exact) mass is 267 g/mol. The highest BCUT2D eigenvalue weighted by atomic mass is 32.2. The van der Waals surface area contributed by atoms with E-state index in [1.54, 1.807) is 18.2 Å². The lowest BCUT2D eigenvalue weighted by Gasteiger charge is -2.18. The van der Waals surface area contributed by atoms with Gasteiger partial charge < -0.3 is 5.32 Å². The molecule has 0 spiro atoms. The van der Waals surface area contributed by atoms with E-state index in [0.717, 1.165) is 11.3 Å². The van der Waals surface area contributed by atoms with Crippen molar-refractivity contribution in [3.63, 3.8) is 0 Å². The van der Waals surface area contributed by atoms with E-state index >= 15 is 0 Å². The predicted octanol–water partition coefficient (Wildman–Crippen LogP) is 0.544. The molecule has 0 radical (unpaired) electrons. The molecule has 0 aliphatic carbocycles. The first-order valence-electron chi connectivity index (χ1n) is 5.75. The maximum Gasteiger partial charge on any atom is 0.301 e. The van der Waals surface area contributed by atoms with Crippen molar-refractivity contribution in [1.82, 2.24) is 4.31 Å². The average molecular weight is 267 g/mol. The standard InChI is InChI=1S/C11H13N3O3S/c15-11-4-1-8-7-9(2-3-10(8)12-11)13-18(16,17)14-5-6-14/h2-3,7,13H,1,4-6H2,(H,12,15). The number of anilines is 2. The second kappa shape index (κ2) is 3.96. The summed E-state index contributed by atoms with van der Waals surface area (Å²) in [6.07, 6.45) is 1.08. The van der Waals surface area contributed by atoms with Crippen molar-refractivity contribution in [1.29, 1.82) is 0 Å². The Kier molecular flexibility index (Phi) is 2.53. The van der Waals surface area contributed by atoms with Gasteiger partial charge in [-0.3, -0.25) is 9.52 Å². The topological polar surface area (TPSA) is 78.3 Å². The molecular formula is C11H13N3O3S. The average Bonchev–Trinajstić information content (AvgIpc) is 3.13. The van der Waals surface area contributed by atoms with Crippen LogP contribution in [0.15, 0.2) is 18.2 Å². The highest BCUT2D eigenvalue weighted by molar-refractivity contribution is 7.90. The summed E-state index contributed by atoms with van der Waals surface area (Å²) in [5, 5.41) is 2.76. The number of nitrogens with one attached hydrogen (secondary N) is 2. The van der Waals surface area contributed by atoms with Crippen molar-refractivity contribution in [2.24, 2.45) is 0 Å². The second-order valence-corrected chi connectivity index (χ2v) is 6.10. The van der Waals surface area contributed by atoms with E-state index in [9.17, 15) is 13.2 Å². The van der Waals surface area contributed by atoms with Crippen LogP contribution in [-0.2, 0) is 21.4 Å². The van der Waals surface area contributed by atoms with Gasteiger partial charge in [0, 0.05) is 25.2 Å². The highest BCUT2D eigenvalue weighted by Crippen LogP contribution is 2.26. The number of hydrogen-bond donors (Lipinski definition) is 2. The third kappa shape index (κ3) is 2.19. The molecule has 1 aromatic rings. The van der Waals surface area contributed by atoms with Crippen molar-refractivity contribution < 1.29 is 13.2 Å². The molecular weight excluding hydrogens is 254 g/mol. The summed E-state index contributed by atoms with van der Waals surface area (Å²) in [6.45, 7) is 1.16. The number of amides is 1. The number of benzene rings is 1. The van der Waals surface area contributed by atoms with Crippen LogP contribution in [0.1, 0.15) is 12.0 Å². The third-order valence-electron chi connectivity index (χ3n) is 2.99. The molecule has 1 saturated heterocycles. The van der Waals surface area contributed by atoms with Crippen LogP contribution in [0, 0.1) is 0 Å². The Morgan fingerprint density at radius 1 is 1.22 bits per heavy atom. The van der Waals surface area contributed by atoms with Gasteiger partial charge in [-0.1, -0.05) is 0 Å². The Hall–Kier alpha value is -1.60. The first kappa shape index (κ1) is 11.5. The second-order valence-electron chi connectivity index (χ2n) is 4.43. The molecule has 7 heteroatoms. The SMILES string of the molecule is O=C1CCc2cc(NS(=O)(=O)N3CC3)ccc2N1. The van der Waals surface area contributed by atoms with Crippen molar-refractivity contribution in [3.8, 4) is 0 Å². The zero-order valence-electron chi connectivity index (χ0n) is 9.64. The highest BCUT2D eigenvalue weighted by Gasteiger charge is 2.31. The molecule has 6 nitrogen and oxygen atoms in total. The molecule has 2 N–H and O–H groups in total. The van der Waals surface area contributed by atoms with Gasteiger partial charge >= 0.3 is 10.2 Å². The van der Waals surface area contributed by atoms with E-state index in [0.29, 0.717) is 31.6 Å². The molecule has 2 aliphatic rings. The van der Waals surface area contributed by atoms with Gasteiger partial charge in [-0.2, -0.15) is 12.7 Å². The van der Waals surface area contributed by atoms with Crippen LogP contribution in [0.5, 0.6) is 0 Å². The number of nitrogens with zero attached hydrogens (tertiary/aromatic N) is 1. The molecule has 0 bridgehead atoms. The van der Waals surface area contributed by atoms with Crippen molar-refractivity contribution >= 4 is 27.5 Å². The van der Waals surface area contributed by atoms with Gasteiger partial charge in [0.15, 0.2) is 0 Å². The molecule has 0 atom stereocenters. The van der Waals surface area contributed by atoms with Gasteiger partial charge in [0.2, 0.25) is 5.91 Å². The molecule has 0 saturated carbocycles. The van der Waals surface area contributed by atoms with Crippen molar-refractivity contribution in [2.75, 3.05) is 23.1 Å². The molecule has 18 heavy (non-hydrogen) atoms. The van der Waals surface area contributed by atoms with Gasteiger partial charge in [0.1, 0.15) is 0 Å². The first-order valence-corrected chi connectivity index (χ1v) is 7.19. The fraction of sp³-hybridized carbons (Fsp3) is 0.364. The Labute approximate surface area is 105 Å². The first-order chi connectivity index (χ1) is 8.54. The molecule has 0 unspecified atom stereocenters. The Balaban J connectivity index is 1.84. The van der Waals surface area contributed by atoms with E-state index in [1.807, 2.05) is 0 Å². The number of rotatable bonds is 3. The maximum absolute atomic E-state index is 11.7. The molecule has 3 rings (SSSR count). The van der Waals surface area contributed by atoms with Gasteiger partial charge in [-0.25, -0.2) is 0 Å². The summed E-state index contributed by atoms with van der Waals surface area (Å²) in [4.78, 5) is 11.2. The molecule has 96 valence electrons. The lowest BCUT2D eigenvalue weighted by Crippen LogP contribution is -2.22.